The second-order valence-corrected chi connectivity index (χ2v) is 4.80. The maximum Gasteiger partial charge on any atom is 0.279 e. The molecule has 0 saturated heterocycles. The summed E-state index contributed by atoms with van der Waals surface area (Å²) in [6.45, 7) is 3.93. The van der Waals surface area contributed by atoms with E-state index in [2.05, 4.69) is 9.98 Å². The van der Waals surface area contributed by atoms with Gasteiger partial charge in [-0.3, -0.25) is 9.78 Å². The van der Waals surface area contributed by atoms with Gasteiger partial charge in [-0.25, -0.2) is 0 Å². The lowest BCUT2D eigenvalue weighted by atomic mass is 9.99. The molecule has 0 fully saturated rings. The second-order valence-electron chi connectivity index (χ2n) is 4.80. The van der Waals surface area contributed by atoms with Crippen LogP contribution in [0, 0.1) is 13.8 Å². The highest BCUT2D eigenvalue weighted by Crippen LogP contribution is 2.24. The van der Waals surface area contributed by atoms with E-state index in [1.807, 2.05) is 46.1 Å². The van der Waals surface area contributed by atoms with Crippen LogP contribution in [0.1, 0.15) is 21.5 Å². The first kappa shape index (κ1) is 13.2. The Morgan fingerprint density at radius 2 is 2.05 bits per heavy atom. The van der Waals surface area contributed by atoms with Crippen LogP contribution in [0.2, 0.25) is 0 Å². The van der Waals surface area contributed by atoms with Gasteiger partial charge in [0.2, 0.25) is 0 Å². The molecule has 2 aromatic rings. The Hall–Kier alpha value is -2.23. The van der Waals surface area contributed by atoms with Gasteiger partial charge < -0.3 is 4.90 Å². The molecule has 0 bridgehead atoms. The zero-order valence-electron chi connectivity index (χ0n) is 11.6. The molecule has 0 aliphatic rings. The Balaban J connectivity index is 2.63. The number of hydrogen-bond donors (Lipinski definition) is 0. The highest BCUT2D eigenvalue weighted by molar-refractivity contribution is 6.10. The number of hydrogen-bond acceptors (Lipinski definition) is 2. The molecule has 98 valence electrons. The van der Waals surface area contributed by atoms with E-state index in [9.17, 15) is 4.79 Å². The summed E-state index contributed by atoms with van der Waals surface area (Å²) in [5.74, 6) is -0.232. The van der Waals surface area contributed by atoms with Crippen LogP contribution in [0.5, 0.6) is 0 Å². The normalized spacial score (nSPS) is 11.2. The molecule has 1 aromatic heterocycles. The predicted octanol–water partition coefficient (Wildman–Crippen LogP) is 2.58. The lowest BCUT2D eigenvalue weighted by Gasteiger charge is -2.09. The molecule has 0 atom stereocenters. The summed E-state index contributed by atoms with van der Waals surface area (Å²) in [5, 5.41) is 0.862. The molecular formula is C15H17N3O. The van der Waals surface area contributed by atoms with Gasteiger partial charge in [0.1, 0.15) is 0 Å². The monoisotopic (exact) mass is 255 g/mol. The Bertz CT molecular complexity index is 660. The van der Waals surface area contributed by atoms with Crippen LogP contribution in [-0.4, -0.2) is 36.2 Å². The van der Waals surface area contributed by atoms with Crippen LogP contribution < -0.4 is 0 Å². The number of carbonyl (C=O) groups is 1. The van der Waals surface area contributed by atoms with Crippen LogP contribution in [0.4, 0.5) is 0 Å². The lowest BCUT2D eigenvalue weighted by Crippen LogP contribution is -2.10. The third kappa shape index (κ3) is 2.62. The van der Waals surface area contributed by atoms with Gasteiger partial charge in [0.25, 0.3) is 5.91 Å². The minimum Gasteiger partial charge on any atom is -0.369 e. The quantitative estimate of drug-likeness (QED) is 0.612. The predicted molar refractivity (Wildman–Crippen MR) is 77.7 cm³/mol. The summed E-state index contributed by atoms with van der Waals surface area (Å²) in [4.78, 5) is 22.3. The number of aliphatic imine (C=N–C) groups is 1. The number of benzene rings is 1. The van der Waals surface area contributed by atoms with Gasteiger partial charge in [-0.1, -0.05) is 12.1 Å². The van der Waals surface area contributed by atoms with Gasteiger partial charge in [0, 0.05) is 25.7 Å². The molecule has 4 heteroatoms. The molecule has 4 nitrogen and oxygen atoms in total. The molecule has 0 radical (unpaired) electrons. The first-order chi connectivity index (χ1) is 9.00. The molecule has 0 N–H and O–H groups in total. The average molecular weight is 255 g/mol. The minimum atomic E-state index is -0.232. The summed E-state index contributed by atoms with van der Waals surface area (Å²) in [7, 11) is 3.66. The van der Waals surface area contributed by atoms with Gasteiger partial charge in [-0.05, 0) is 31.0 Å². The van der Waals surface area contributed by atoms with Gasteiger partial charge in [0.15, 0.2) is 0 Å². The van der Waals surface area contributed by atoms with E-state index in [1.165, 1.54) is 6.34 Å². The van der Waals surface area contributed by atoms with Crippen molar-refractivity contribution in [2.24, 2.45) is 4.99 Å². The lowest BCUT2D eigenvalue weighted by molar-refractivity contribution is 0.100. The van der Waals surface area contributed by atoms with E-state index < -0.39 is 0 Å². The van der Waals surface area contributed by atoms with Crippen molar-refractivity contribution in [2.45, 2.75) is 13.8 Å². The highest BCUT2D eigenvalue weighted by atomic mass is 16.1. The molecule has 0 saturated carbocycles. The van der Waals surface area contributed by atoms with E-state index in [-0.39, 0.29) is 5.91 Å². The van der Waals surface area contributed by atoms with Crippen molar-refractivity contribution in [1.82, 2.24) is 9.88 Å². The number of rotatable bonds is 2. The molecule has 0 aliphatic heterocycles. The van der Waals surface area contributed by atoms with Crippen molar-refractivity contribution < 1.29 is 4.79 Å². The number of aromatic nitrogens is 1. The van der Waals surface area contributed by atoms with E-state index in [0.717, 1.165) is 22.0 Å². The highest BCUT2D eigenvalue weighted by Gasteiger charge is 2.14. The first-order valence-corrected chi connectivity index (χ1v) is 6.10. The zero-order chi connectivity index (χ0) is 14.0. The Kier molecular flexibility index (Phi) is 3.60. The molecule has 0 aliphatic carbocycles. The topological polar surface area (TPSA) is 45.6 Å². The van der Waals surface area contributed by atoms with Crippen molar-refractivity contribution >= 4 is 23.1 Å². The number of nitrogens with zero attached hydrogens (tertiary/aromatic N) is 3. The molecule has 19 heavy (non-hydrogen) atoms. The maximum atomic E-state index is 12.2. The molecule has 0 spiro atoms. The minimum absolute atomic E-state index is 0.232. The average Bonchev–Trinajstić information content (AvgIpc) is 2.36. The van der Waals surface area contributed by atoms with Crippen molar-refractivity contribution in [3.63, 3.8) is 0 Å². The number of carbonyl (C=O) groups excluding carboxylic acids is 1. The van der Waals surface area contributed by atoms with E-state index in [4.69, 9.17) is 0 Å². The number of pyridine rings is 1. The van der Waals surface area contributed by atoms with Crippen molar-refractivity contribution in [1.29, 1.82) is 0 Å². The van der Waals surface area contributed by atoms with Crippen LogP contribution in [0.25, 0.3) is 10.9 Å². The molecule has 1 amide bonds. The van der Waals surface area contributed by atoms with E-state index in [0.29, 0.717) is 5.56 Å². The summed E-state index contributed by atoms with van der Waals surface area (Å²) in [6, 6.07) is 5.74. The van der Waals surface area contributed by atoms with Gasteiger partial charge in [0.05, 0.1) is 17.4 Å². The van der Waals surface area contributed by atoms with Crippen LogP contribution in [-0.2, 0) is 0 Å². The summed E-state index contributed by atoms with van der Waals surface area (Å²) >= 11 is 0. The smallest absolute Gasteiger partial charge is 0.279 e. The Labute approximate surface area is 112 Å². The summed E-state index contributed by atoms with van der Waals surface area (Å²) in [6.07, 6.45) is 3.26. The molecular weight excluding hydrogens is 238 g/mol. The van der Waals surface area contributed by atoms with E-state index >= 15 is 0 Å². The summed E-state index contributed by atoms with van der Waals surface area (Å²) in [5.41, 5.74) is 3.49. The van der Waals surface area contributed by atoms with Gasteiger partial charge in [-0.2, -0.15) is 4.99 Å². The Morgan fingerprint density at radius 1 is 1.32 bits per heavy atom. The molecule has 1 aromatic carbocycles. The largest absolute Gasteiger partial charge is 0.369 e. The first-order valence-electron chi connectivity index (χ1n) is 6.10. The Morgan fingerprint density at radius 3 is 2.74 bits per heavy atom. The number of aryl methyl sites for hydroxylation is 2. The standard InChI is InChI=1S/C15H17N3O/c1-10-8-11(2)14-12(6-5-7-16-14)13(10)15(19)17-9-18(3)4/h5-9H,1-4H3. The maximum absolute atomic E-state index is 12.2. The third-order valence-corrected chi connectivity index (χ3v) is 2.90. The van der Waals surface area contributed by atoms with Crippen molar-refractivity contribution in [3.05, 3.63) is 41.1 Å². The molecule has 0 unspecified atom stereocenters. The van der Waals surface area contributed by atoms with Gasteiger partial charge in [-0.15, -0.1) is 0 Å². The third-order valence-electron chi connectivity index (χ3n) is 2.90. The van der Waals surface area contributed by atoms with Crippen molar-refractivity contribution in [3.8, 4) is 0 Å². The fourth-order valence-corrected chi connectivity index (χ4v) is 2.12. The van der Waals surface area contributed by atoms with Crippen LogP contribution in [0.15, 0.2) is 29.4 Å². The summed E-state index contributed by atoms with van der Waals surface area (Å²) < 4.78 is 0. The molecule has 1 heterocycles. The van der Waals surface area contributed by atoms with Crippen LogP contribution in [0.3, 0.4) is 0 Å². The second kappa shape index (κ2) is 5.18. The van der Waals surface area contributed by atoms with Gasteiger partial charge >= 0.3 is 0 Å². The van der Waals surface area contributed by atoms with E-state index in [1.54, 1.807) is 11.1 Å². The zero-order valence-corrected chi connectivity index (χ0v) is 11.6. The number of fused-ring (bicyclic) bond motifs is 1. The SMILES string of the molecule is Cc1cc(C)c2ncccc2c1C(=O)N=CN(C)C. The molecule has 2 rings (SSSR count). The number of amides is 1. The van der Waals surface area contributed by atoms with Crippen molar-refractivity contribution in [2.75, 3.05) is 14.1 Å². The fourth-order valence-electron chi connectivity index (χ4n) is 2.12. The van der Waals surface area contributed by atoms with Crippen LogP contribution >= 0.6 is 0 Å². The fraction of sp³-hybridized carbons (Fsp3) is 0.267.